The van der Waals surface area contributed by atoms with E-state index in [9.17, 15) is 9.59 Å². The van der Waals surface area contributed by atoms with Crippen molar-refractivity contribution in [2.75, 3.05) is 18.6 Å². The molecule has 2 fully saturated rings. The zero-order valence-electron chi connectivity index (χ0n) is 17.8. The van der Waals surface area contributed by atoms with E-state index < -0.39 is 0 Å². The third kappa shape index (κ3) is 6.48. The van der Waals surface area contributed by atoms with Crippen molar-refractivity contribution in [2.24, 2.45) is 5.92 Å². The van der Waals surface area contributed by atoms with Crippen LogP contribution in [0.25, 0.3) is 0 Å². The van der Waals surface area contributed by atoms with Gasteiger partial charge in [-0.15, -0.1) is 0 Å². The van der Waals surface area contributed by atoms with E-state index in [1.54, 1.807) is 12.0 Å². The molecule has 1 aromatic rings. The van der Waals surface area contributed by atoms with Gasteiger partial charge in [0.2, 0.25) is 11.8 Å². The molecule has 1 saturated carbocycles. The van der Waals surface area contributed by atoms with Gasteiger partial charge in [0.05, 0.1) is 13.0 Å². The highest BCUT2D eigenvalue weighted by Crippen LogP contribution is 2.27. The first-order valence-electron chi connectivity index (χ1n) is 11.4. The second kappa shape index (κ2) is 11.2. The molecule has 2 amide bonds. The zero-order chi connectivity index (χ0) is 20.5. The number of nitrogens with zero attached hydrogens (tertiary/aromatic N) is 1. The fourth-order valence-corrected chi connectivity index (χ4v) is 4.52. The Bertz CT molecular complexity index is 647. The lowest BCUT2D eigenvalue weighted by Gasteiger charge is -2.22. The summed E-state index contributed by atoms with van der Waals surface area (Å²) in [4.78, 5) is 27.1. The molecule has 1 aliphatic heterocycles. The van der Waals surface area contributed by atoms with Gasteiger partial charge in [0.1, 0.15) is 5.75 Å². The minimum absolute atomic E-state index is 0.0222. The van der Waals surface area contributed by atoms with Gasteiger partial charge in [-0.1, -0.05) is 57.8 Å². The summed E-state index contributed by atoms with van der Waals surface area (Å²) in [5, 5.41) is 3.29. The van der Waals surface area contributed by atoms with Crippen molar-refractivity contribution in [1.29, 1.82) is 0 Å². The van der Waals surface area contributed by atoms with Crippen LogP contribution in [0.2, 0.25) is 0 Å². The number of carbonyl (C=O) groups is 2. The van der Waals surface area contributed by atoms with E-state index in [0.29, 0.717) is 13.0 Å². The minimum Gasteiger partial charge on any atom is -0.497 e. The Kier molecular flexibility index (Phi) is 8.38. The van der Waals surface area contributed by atoms with Gasteiger partial charge in [0.15, 0.2) is 0 Å². The molecule has 1 aliphatic carbocycles. The molecule has 1 aromatic carbocycles. The summed E-state index contributed by atoms with van der Waals surface area (Å²) < 4.78 is 5.19. The fourth-order valence-electron chi connectivity index (χ4n) is 4.52. The first-order chi connectivity index (χ1) is 14.2. The average molecular weight is 401 g/mol. The fraction of sp³-hybridized carbons (Fsp3) is 0.667. The van der Waals surface area contributed by atoms with Gasteiger partial charge >= 0.3 is 0 Å². The van der Waals surface area contributed by atoms with Crippen LogP contribution in [-0.4, -0.2) is 31.5 Å². The highest BCUT2D eigenvalue weighted by Gasteiger charge is 2.35. The molecule has 0 bridgehead atoms. The molecule has 0 aromatic heterocycles. The van der Waals surface area contributed by atoms with Crippen LogP contribution in [0.5, 0.6) is 5.75 Å². The molecule has 1 atom stereocenters. The number of nitrogens with one attached hydrogen (secondary N) is 1. The van der Waals surface area contributed by atoms with Crippen LogP contribution in [0.4, 0.5) is 5.69 Å². The van der Waals surface area contributed by atoms with Gasteiger partial charge in [-0.25, -0.2) is 0 Å². The molecule has 0 spiro atoms. The average Bonchev–Trinajstić information content (AvgIpc) is 3.12. The van der Waals surface area contributed by atoms with Gasteiger partial charge in [-0.2, -0.15) is 0 Å². The third-order valence-electron chi connectivity index (χ3n) is 6.33. The summed E-state index contributed by atoms with van der Waals surface area (Å²) in [6, 6.07) is 7.71. The van der Waals surface area contributed by atoms with Gasteiger partial charge in [-0.3, -0.25) is 9.59 Å². The van der Waals surface area contributed by atoms with Crippen LogP contribution in [0, 0.1) is 5.92 Å². The van der Waals surface area contributed by atoms with Gasteiger partial charge < -0.3 is 15.0 Å². The van der Waals surface area contributed by atoms with Crippen molar-refractivity contribution >= 4 is 17.5 Å². The number of ether oxygens (including phenoxy) is 1. The SMILES string of the molecule is COc1ccc(N2CC(C(=O)NC3CCCCCCCCCCC3)CC2=O)cc1. The molecule has 1 unspecified atom stereocenters. The number of hydrogen-bond donors (Lipinski definition) is 1. The number of rotatable bonds is 4. The third-order valence-corrected chi connectivity index (χ3v) is 6.33. The standard InChI is InChI=1S/C24H36N2O3/c1-29-22-15-13-21(14-16-22)26-18-19(17-23(26)27)24(28)25-20-11-9-7-5-3-2-4-6-8-10-12-20/h13-16,19-20H,2-12,17-18H2,1H3,(H,25,28). The Morgan fingerprint density at radius 2 is 1.48 bits per heavy atom. The lowest BCUT2D eigenvalue weighted by atomic mass is 9.97. The molecule has 5 heteroatoms. The number of benzene rings is 1. The Labute approximate surface area is 175 Å². The van der Waals surface area contributed by atoms with E-state index in [0.717, 1.165) is 24.3 Å². The smallest absolute Gasteiger partial charge is 0.227 e. The molecule has 1 heterocycles. The van der Waals surface area contributed by atoms with Crippen LogP contribution in [0.1, 0.15) is 77.0 Å². The summed E-state index contributed by atoms with van der Waals surface area (Å²) in [7, 11) is 1.62. The van der Waals surface area contributed by atoms with Crippen molar-refractivity contribution in [3.05, 3.63) is 24.3 Å². The quantitative estimate of drug-likeness (QED) is 0.787. The van der Waals surface area contributed by atoms with E-state index in [2.05, 4.69) is 5.32 Å². The van der Waals surface area contributed by atoms with Crippen molar-refractivity contribution in [3.63, 3.8) is 0 Å². The maximum Gasteiger partial charge on any atom is 0.227 e. The van der Waals surface area contributed by atoms with E-state index in [1.807, 2.05) is 24.3 Å². The lowest BCUT2D eigenvalue weighted by Crippen LogP contribution is -2.40. The topological polar surface area (TPSA) is 58.6 Å². The molecule has 0 radical (unpaired) electrons. The monoisotopic (exact) mass is 400 g/mol. The van der Waals surface area contributed by atoms with Crippen LogP contribution in [-0.2, 0) is 9.59 Å². The summed E-state index contributed by atoms with van der Waals surface area (Å²) in [5.74, 6) is 0.573. The molecule has 2 aliphatic rings. The molecule has 1 N–H and O–H groups in total. The first-order valence-corrected chi connectivity index (χ1v) is 11.4. The number of amides is 2. The summed E-state index contributed by atoms with van der Waals surface area (Å²) in [6.07, 6.45) is 14.0. The highest BCUT2D eigenvalue weighted by molar-refractivity contribution is 6.00. The molecule has 1 saturated heterocycles. The second-order valence-electron chi connectivity index (χ2n) is 8.57. The Hall–Kier alpha value is -2.04. The van der Waals surface area contributed by atoms with E-state index in [-0.39, 0.29) is 23.8 Å². The molecule has 29 heavy (non-hydrogen) atoms. The predicted molar refractivity (Wildman–Crippen MR) is 116 cm³/mol. The van der Waals surface area contributed by atoms with Crippen LogP contribution in [0.3, 0.4) is 0 Å². The first kappa shape index (κ1) is 21.7. The Balaban J connectivity index is 1.53. The zero-order valence-corrected chi connectivity index (χ0v) is 17.8. The Morgan fingerprint density at radius 3 is 2.03 bits per heavy atom. The number of carbonyl (C=O) groups excluding carboxylic acids is 2. The normalized spacial score (nSPS) is 22.6. The van der Waals surface area contributed by atoms with E-state index in [1.165, 1.54) is 57.8 Å². The van der Waals surface area contributed by atoms with Gasteiger partial charge in [-0.05, 0) is 37.1 Å². The maximum atomic E-state index is 12.9. The molecular weight excluding hydrogens is 364 g/mol. The van der Waals surface area contributed by atoms with Crippen molar-refractivity contribution in [1.82, 2.24) is 5.32 Å². The molecular formula is C24H36N2O3. The largest absolute Gasteiger partial charge is 0.497 e. The minimum atomic E-state index is -0.258. The predicted octanol–water partition coefficient (Wildman–Crippen LogP) is 4.84. The van der Waals surface area contributed by atoms with Crippen LogP contribution >= 0.6 is 0 Å². The maximum absolute atomic E-state index is 12.9. The van der Waals surface area contributed by atoms with Crippen molar-refractivity contribution in [3.8, 4) is 5.75 Å². The van der Waals surface area contributed by atoms with E-state index in [4.69, 9.17) is 4.74 Å². The highest BCUT2D eigenvalue weighted by atomic mass is 16.5. The number of hydrogen-bond acceptors (Lipinski definition) is 3. The summed E-state index contributed by atoms with van der Waals surface area (Å²) >= 11 is 0. The molecule has 160 valence electrons. The molecule has 5 nitrogen and oxygen atoms in total. The molecule has 3 rings (SSSR count). The summed E-state index contributed by atoms with van der Waals surface area (Å²) in [5.41, 5.74) is 0.831. The summed E-state index contributed by atoms with van der Waals surface area (Å²) in [6.45, 7) is 0.462. The van der Waals surface area contributed by atoms with Crippen molar-refractivity contribution in [2.45, 2.75) is 83.1 Å². The van der Waals surface area contributed by atoms with Crippen LogP contribution < -0.4 is 15.0 Å². The second-order valence-corrected chi connectivity index (χ2v) is 8.57. The number of anilines is 1. The van der Waals surface area contributed by atoms with Crippen molar-refractivity contribution < 1.29 is 14.3 Å². The number of methoxy groups -OCH3 is 1. The lowest BCUT2D eigenvalue weighted by molar-refractivity contribution is -0.127. The van der Waals surface area contributed by atoms with Gasteiger partial charge in [0, 0.05) is 24.7 Å². The van der Waals surface area contributed by atoms with Gasteiger partial charge in [0.25, 0.3) is 0 Å². The van der Waals surface area contributed by atoms with E-state index >= 15 is 0 Å². The Morgan fingerprint density at radius 1 is 0.931 bits per heavy atom. The van der Waals surface area contributed by atoms with Crippen LogP contribution in [0.15, 0.2) is 24.3 Å².